The minimum absolute atomic E-state index is 0.0602. The van der Waals surface area contributed by atoms with Gasteiger partial charge in [-0.2, -0.15) is 0 Å². The van der Waals surface area contributed by atoms with Gasteiger partial charge in [0.1, 0.15) is 0 Å². The number of amides is 1. The van der Waals surface area contributed by atoms with Crippen molar-refractivity contribution in [2.75, 3.05) is 26.2 Å². The Morgan fingerprint density at radius 1 is 1.30 bits per heavy atom. The zero-order chi connectivity index (χ0) is 14.2. The largest absolute Gasteiger partial charge is 0.373 e. The lowest BCUT2D eigenvalue weighted by Crippen LogP contribution is -2.33. The number of benzene rings is 1. The molecule has 0 radical (unpaired) electrons. The molecule has 4 nitrogen and oxygen atoms in total. The van der Waals surface area contributed by atoms with Gasteiger partial charge >= 0.3 is 0 Å². The van der Waals surface area contributed by atoms with Crippen molar-refractivity contribution in [3.8, 4) is 0 Å². The van der Waals surface area contributed by atoms with E-state index in [2.05, 4.69) is 29.7 Å². The Morgan fingerprint density at radius 2 is 2.15 bits per heavy atom. The molecule has 1 atom stereocenters. The summed E-state index contributed by atoms with van der Waals surface area (Å²) in [6.45, 7) is 5.32. The van der Waals surface area contributed by atoms with Crippen molar-refractivity contribution in [3.05, 3.63) is 35.4 Å². The van der Waals surface area contributed by atoms with Crippen LogP contribution in [0, 0.1) is 0 Å². The maximum Gasteiger partial charge on any atom is 0.223 e. The van der Waals surface area contributed by atoms with Crippen LogP contribution in [0.5, 0.6) is 0 Å². The molecule has 1 unspecified atom stereocenters. The number of carbonyl (C=O) groups excluding carboxylic acids is 1. The molecule has 1 amide bonds. The van der Waals surface area contributed by atoms with Crippen LogP contribution in [0.15, 0.2) is 24.3 Å². The van der Waals surface area contributed by atoms with Gasteiger partial charge in [-0.05, 0) is 30.5 Å². The monoisotopic (exact) mass is 276 g/mol. The zero-order valence-corrected chi connectivity index (χ0v) is 12.2. The van der Waals surface area contributed by atoms with Crippen molar-refractivity contribution in [1.29, 1.82) is 0 Å². The van der Waals surface area contributed by atoms with E-state index in [0.29, 0.717) is 19.6 Å². The summed E-state index contributed by atoms with van der Waals surface area (Å²) in [6, 6.07) is 8.24. The summed E-state index contributed by atoms with van der Waals surface area (Å²) in [5.74, 6) is 0.0602. The van der Waals surface area contributed by atoms with Crippen molar-refractivity contribution in [2.45, 2.75) is 32.3 Å². The van der Waals surface area contributed by atoms with Gasteiger partial charge in [0.15, 0.2) is 0 Å². The van der Waals surface area contributed by atoms with Gasteiger partial charge in [-0.25, -0.2) is 0 Å². The molecule has 1 aromatic rings. The van der Waals surface area contributed by atoms with Crippen LogP contribution in [0.4, 0.5) is 0 Å². The van der Waals surface area contributed by atoms with E-state index in [0.717, 1.165) is 31.5 Å². The molecule has 20 heavy (non-hydrogen) atoms. The summed E-state index contributed by atoms with van der Waals surface area (Å²) in [5, 5.41) is 6.20. The Morgan fingerprint density at radius 3 is 3.00 bits per heavy atom. The predicted molar refractivity (Wildman–Crippen MR) is 79.6 cm³/mol. The van der Waals surface area contributed by atoms with Crippen molar-refractivity contribution in [2.24, 2.45) is 0 Å². The van der Waals surface area contributed by atoms with E-state index in [4.69, 9.17) is 4.74 Å². The van der Waals surface area contributed by atoms with Crippen LogP contribution in [0.1, 0.15) is 37.0 Å². The molecule has 4 heteroatoms. The first-order chi connectivity index (χ1) is 9.81. The fourth-order valence-corrected chi connectivity index (χ4v) is 2.48. The average molecular weight is 276 g/mol. The minimum Gasteiger partial charge on any atom is -0.373 e. The van der Waals surface area contributed by atoms with Crippen LogP contribution in [-0.2, 0) is 16.0 Å². The van der Waals surface area contributed by atoms with Crippen molar-refractivity contribution in [1.82, 2.24) is 10.6 Å². The van der Waals surface area contributed by atoms with Gasteiger partial charge in [0, 0.05) is 13.1 Å². The molecule has 110 valence electrons. The van der Waals surface area contributed by atoms with Crippen LogP contribution in [0.25, 0.3) is 0 Å². The third-order valence-corrected chi connectivity index (χ3v) is 3.51. The molecule has 2 rings (SSSR count). The van der Waals surface area contributed by atoms with Crippen LogP contribution in [0.2, 0.25) is 0 Å². The quantitative estimate of drug-likeness (QED) is 0.747. The highest BCUT2D eigenvalue weighted by Crippen LogP contribution is 2.29. The zero-order valence-electron chi connectivity index (χ0n) is 12.2. The van der Waals surface area contributed by atoms with Crippen molar-refractivity contribution < 1.29 is 9.53 Å². The summed E-state index contributed by atoms with van der Waals surface area (Å²) < 4.78 is 5.74. The second kappa shape index (κ2) is 8.02. The summed E-state index contributed by atoms with van der Waals surface area (Å²) in [5.41, 5.74) is 2.47. The van der Waals surface area contributed by atoms with Gasteiger partial charge in [-0.15, -0.1) is 0 Å². The lowest BCUT2D eigenvalue weighted by molar-refractivity contribution is -0.124. The maximum absolute atomic E-state index is 11.9. The molecule has 0 saturated heterocycles. The molecule has 0 bridgehead atoms. The topological polar surface area (TPSA) is 50.4 Å². The molecule has 0 spiro atoms. The Kier molecular flexibility index (Phi) is 6.02. The second-order valence-corrected chi connectivity index (χ2v) is 5.11. The van der Waals surface area contributed by atoms with E-state index in [1.165, 1.54) is 5.56 Å². The Labute approximate surface area is 120 Å². The van der Waals surface area contributed by atoms with E-state index >= 15 is 0 Å². The van der Waals surface area contributed by atoms with E-state index in [1.807, 2.05) is 12.1 Å². The fraction of sp³-hybridized carbons (Fsp3) is 0.562. The predicted octanol–water partition coefficient (Wildman–Crippen LogP) is 1.81. The van der Waals surface area contributed by atoms with Gasteiger partial charge in [0.05, 0.1) is 19.1 Å². The van der Waals surface area contributed by atoms with Crippen LogP contribution in [0.3, 0.4) is 0 Å². The molecule has 0 aromatic heterocycles. The molecular formula is C16H24N2O2. The number of nitrogens with one attached hydrogen (secondary N) is 2. The Balaban J connectivity index is 1.78. The standard InChI is InChI=1S/C16H24N2O2/c1-2-8-17-9-10-18-16(19)12-15-14-6-4-3-5-13(14)7-11-20-15/h3-6,15,17H,2,7-12H2,1H3,(H,18,19). The number of hydrogen-bond donors (Lipinski definition) is 2. The van der Waals surface area contributed by atoms with Crippen LogP contribution >= 0.6 is 0 Å². The molecule has 2 N–H and O–H groups in total. The minimum atomic E-state index is -0.0939. The van der Waals surface area contributed by atoms with E-state index in [9.17, 15) is 4.79 Å². The van der Waals surface area contributed by atoms with E-state index in [-0.39, 0.29) is 12.0 Å². The number of rotatable bonds is 7. The number of hydrogen-bond acceptors (Lipinski definition) is 3. The summed E-state index contributed by atoms with van der Waals surface area (Å²) in [6.07, 6.45) is 2.37. The summed E-state index contributed by atoms with van der Waals surface area (Å²) >= 11 is 0. The second-order valence-electron chi connectivity index (χ2n) is 5.11. The SMILES string of the molecule is CCCNCCNC(=O)CC1OCCc2ccccc21. The van der Waals surface area contributed by atoms with Crippen molar-refractivity contribution >= 4 is 5.91 Å². The molecule has 0 fully saturated rings. The highest BCUT2D eigenvalue weighted by atomic mass is 16.5. The summed E-state index contributed by atoms with van der Waals surface area (Å²) in [4.78, 5) is 11.9. The average Bonchev–Trinajstić information content (AvgIpc) is 2.47. The van der Waals surface area contributed by atoms with Crippen molar-refractivity contribution in [3.63, 3.8) is 0 Å². The number of fused-ring (bicyclic) bond motifs is 1. The summed E-state index contributed by atoms with van der Waals surface area (Å²) in [7, 11) is 0. The van der Waals surface area contributed by atoms with Gasteiger partial charge < -0.3 is 15.4 Å². The molecule has 1 heterocycles. The normalized spacial score (nSPS) is 17.6. The van der Waals surface area contributed by atoms with Crippen LogP contribution in [-0.4, -0.2) is 32.1 Å². The van der Waals surface area contributed by atoms with Crippen LogP contribution < -0.4 is 10.6 Å². The number of ether oxygens (including phenoxy) is 1. The first kappa shape index (κ1) is 15.0. The van der Waals surface area contributed by atoms with Gasteiger partial charge in [-0.1, -0.05) is 31.2 Å². The third kappa shape index (κ3) is 4.32. The first-order valence-corrected chi connectivity index (χ1v) is 7.48. The van der Waals surface area contributed by atoms with Gasteiger partial charge in [-0.3, -0.25) is 4.79 Å². The molecule has 1 aliphatic rings. The molecule has 0 aliphatic carbocycles. The van der Waals surface area contributed by atoms with Gasteiger partial charge in [0.2, 0.25) is 5.91 Å². The maximum atomic E-state index is 11.9. The first-order valence-electron chi connectivity index (χ1n) is 7.48. The lowest BCUT2D eigenvalue weighted by Gasteiger charge is -2.25. The lowest BCUT2D eigenvalue weighted by atomic mass is 9.96. The highest BCUT2D eigenvalue weighted by molar-refractivity contribution is 5.76. The Hall–Kier alpha value is -1.39. The van der Waals surface area contributed by atoms with E-state index < -0.39 is 0 Å². The fourth-order valence-electron chi connectivity index (χ4n) is 2.48. The highest BCUT2D eigenvalue weighted by Gasteiger charge is 2.22. The smallest absolute Gasteiger partial charge is 0.223 e. The third-order valence-electron chi connectivity index (χ3n) is 3.51. The molecule has 1 aliphatic heterocycles. The number of carbonyl (C=O) groups is 1. The molecular weight excluding hydrogens is 252 g/mol. The molecule has 0 saturated carbocycles. The molecule has 1 aromatic carbocycles. The van der Waals surface area contributed by atoms with E-state index in [1.54, 1.807) is 0 Å². The van der Waals surface area contributed by atoms with Gasteiger partial charge in [0.25, 0.3) is 0 Å². The Bertz CT molecular complexity index is 434.